The van der Waals surface area contributed by atoms with Gasteiger partial charge in [-0.15, -0.1) is 0 Å². The van der Waals surface area contributed by atoms with Crippen LogP contribution in [0.1, 0.15) is 33.6 Å². The first kappa shape index (κ1) is 19.5. The summed E-state index contributed by atoms with van der Waals surface area (Å²) < 4.78 is 0. The maximum absolute atomic E-state index is 13.2. The quantitative estimate of drug-likeness (QED) is 0.779. The Labute approximate surface area is 174 Å². The Morgan fingerprint density at radius 3 is 2.10 bits per heavy atom. The highest BCUT2D eigenvalue weighted by atomic mass is 35.5. The largest absolute Gasteiger partial charge is 0.335 e. The summed E-state index contributed by atoms with van der Waals surface area (Å²) in [6, 6.07) is 14.2. The first-order valence-corrected chi connectivity index (χ1v) is 10.2. The van der Waals surface area contributed by atoms with Gasteiger partial charge >= 0.3 is 0 Å². The van der Waals surface area contributed by atoms with Gasteiger partial charge in [-0.3, -0.25) is 14.4 Å². The number of amides is 3. The highest BCUT2D eigenvalue weighted by Gasteiger charge is 2.30. The highest BCUT2D eigenvalue weighted by molar-refractivity contribution is 6.31. The number of carbonyl (C=O) groups excluding carboxylic acids is 3. The molecule has 4 rings (SSSR count). The van der Waals surface area contributed by atoms with Crippen molar-refractivity contribution in [2.45, 2.75) is 12.8 Å². The third-order valence-corrected chi connectivity index (χ3v) is 5.66. The second-order valence-electron chi connectivity index (χ2n) is 7.26. The normalized spacial score (nSPS) is 17.0. The number of halogens is 1. The topological polar surface area (TPSA) is 60.9 Å². The van der Waals surface area contributed by atoms with Crippen molar-refractivity contribution in [1.29, 1.82) is 0 Å². The van der Waals surface area contributed by atoms with Crippen LogP contribution in [0.5, 0.6) is 0 Å². The fourth-order valence-electron chi connectivity index (χ4n) is 3.86. The van der Waals surface area contributed by atoms with Gasteiger partial charge in [0.1, 0.15) is 0 Å². The second kappa shape index (κ2) is 8.25. The summed E-state index contributed by atoms with van der Waals surface area (Å²) in [7, 11) is 0. The van der Waals surface area contributed by atoms with Crippen molar-refractivity contribution in [3.8, 4) is 0 Å². The van der Waals surface area contributed by atoms with Crippen LogP contribution in [0, 0.1) is 0 Å². The van der Waals surface area contributed by atoms with Gasteiger partial charge < -0.3 is 14.7 Å². The highest BCUT2D eigenvalue weighted by Crippen LogP contribution is 2.30. The Balaban J connectivity index is 1.48. The van der Waals surface area contributed by atoms with Crippen molar-refractivity contribution in [1.82, 2.24) is 9.80 Å². The molecule has 0 N–H and O–H groups in total. The lowest BCUT2D eigenvalue weighted by Crippen LogP contribution is -2.50. The minimum atomic E-state index is -0.136. The van der Waals surface area contributed by atoms with Gasteiger partial charge in [0.2, 0.25) is 5.91 Å². The molecule has 0 atom stereocenters. The van der Waals surface area contributed by atoms with E-state index in [1.807, 2.05) is 18.2 Å². The Bertz CT molecular complexity index is 940. The molecule has 0 radical (unpaired) electrons. The zero-order chi connectivity index (χ0) is 20.4. The van der Waals surface area contributed by atoms with E-state index in [-0.39, 0.29) is 17.7 Å². The molecule has 2 heterocycles. The number of hydrogen-bond acceptors (Lipinski definition) is 3. The van der Waals surface area contributed by atoms with Gasteiger partial charge in [0, 0.05) is 49.7 Å². The maximum atomic E-state index is 13.2. The summed E-state index contributed by atoms with van der Waals surface area (Å²) in [5.41, 5.74) is 1.71. The third kappa shape index (κ3) is 3.98. The minimum Gasteiger partial charge on any atom is -0.335 e. The number of anilines is 1. The van der Waals surface area contributed by atoms with E-state index in [4.69, 9.17) is 11.6 Å². The SMILES string of the molecule is O=C(c1ccccc1)N1CCN(C(=O)c2ccc(Cl)cc2N2CCCC2=O)CC1. The molecule has 0 saturated carbocycles. The molecule has 2 aliphatic rings. The van der Waals surface area contributed by atoms with Crippen LogP contribution in [0.4, 0.5) is 5.69 Å². The Hall–Kier alpha value is -2.86. The Morgan fingerprint density at radius 1 is 0.828 bits per heavy atom. The molecule has 29 heavy (non-hydrogen) atoms. The number of nitrogens with zero attached hydrogens (tertiary/aromatic N) is 3. The predicted molar refractivity (Wildman–Crippen MR) is 111 cm³/mol. The zero-order valence-corrected chi connectivity index (χ0v) is 16.8. The molecular formula is C22H22ClN3O3. The number of piperazine rings is 1. The first-order chi connectivity index (χ1) is 14.0. The van der Waals surface area contributed by atoms with E-state index >= 15 is 0 Å². The Morgan fingerprint density at radius 2 is 1.48 bits per heavy atom. The second-order valence-corrected chi connectivity index (χ2v) is 7.70. The van der Waals surface area contributed by atoms with Crippen LogP contribution in [-0.4, -0.2) is 60.2 Å². The van der Waals surface area contributed by atoms with Crippen molar-refractivity contribution in [3.05, 3.63) is 64.7 Å². The number of hydrogen-bond donors (Lipinski definition) is 0. The molecular weight excluding hydrogens is 390 g/mol. The van der Waals surface area contributed by atoms with E-state index in [1.165, 1.54) is 0 Å². The van der Waals surface area contributed by atoms with Crippen LogP contribution in [0.25, 0.3) is 0 Å². The molecule has 2 fully saturated rings. The van der Waals surface area contributed by atoms with Crippen LogP contribution in [0.2, 0.25) is 5.02 Å². The van der Waals surface area contributed by atoms with E-state index in [2.05, 4.69) is 0 Å². The molecule has 2 aromatic carbocycles. The molecule has 2 aliphatic heterocycles. The molecule has 3 amide bonds. The lowest BCUT2D eigenvalue weighted by Gasteiger charge is -2.35. The van der Waals surface area contributed by atoms with Gasteiger partial charge in [0.05, 0.1) is 11.3 Å². The molecule has 0 spiro atoms. The summed E-state index contributed by atoms with van der Waals surface area (Å²) in [6.45, 7) is 2.45. The fraction of sp³-hybridized carbons (Fsp3) is 0.318. The summed E-state index contributed by atoms with van der Waals surface area (Å²) in [5.74, 6) is -0.143. The molecule has 0 aromatic heterocycles. The van der Waals surface area contributed by atoms with Crippen LogP contribution in [0.3, 0.4) is 0 Å². The summed E-state index contributed by atoms with van der Waals surface area (Å²) in [4.78, 5) is 43.2. The monoisotopic (exact) mass is 411 g/mol. The van der Waals surface area contributed by atoms with Gasteiger partial charge in [-0.2, -0.15) is 0 Å². The minimum absolute atomic E-state index is 0.0135. The molecule has 0 unspecified atom stereocenters. The summed E-state index contributed by atoms with van der Waals surface area (Å²) in [6.07, 6.45) is 1.26. The molecule has 2 saturated heterocycles. The van der Waals surface area contributed by atoms with E-state index in [0.717, 1.165) is 6.42 Å². The van der Waals surface area contributed by atoms with Gasteiger partial charge in [-0.05, 0) is 36.8 Å². The number of benzene rings is 2. The molecule has 7 heteroatoms. The van der Waals surface area contributed by atoms with E-state index < -0.39 is 0 Å². The van der Waals surface area contributed by atoms with Crippen LogP contribution in [0.15, 0.2) is 48.5 Å². The molecule has 6 nitrogen and oxygen atoms in total. The lowest BCUT2D eigenvalue weighted by molar-refractivity contribution is -0.117. The van der Waals surface area contributed by atoms with Crippen molar-refractivity contribution in [2.24, 2.45) is 0 Å². The van der Waals surface area contributed by atoms with Crippen molar-refractivity contribution < 1.29 is 14.4 Å². The van der Waals surface area contributed by atoms with Gasteiger partial charge in [-0.1, -0.05) is 29.8 Å². The standard InChI is InChI=1S/C22H22ClN3O3/c23-17-8-9-18(19(15-17)26-10-4-7-20(26)27)22(29)25-13-11-24(12-14-25)21(28)16-5-2-1-3-6-16/h1-3,5-6,8-9,15H,4,7,10-14H2. The lowest BCUT2D eigenvalue weighted by atomic mass is 10.1. The number of carbonyl (C=O) groups is 3. The molecule has 0 bridgehead atoms. The molecule has 150 valence electrons. The molecule has 2 aromatic rings. The van der Waals surface area contributed by atoms with Crippen molar-refractivity contribution in [2.75, 3.05) is 37.6 Å². The van der Waals surface area contributed by atoms with Gasteiger partial charge in [0.25, 0.3) is 11.8 Å². The fourth-order valence-corrected chi connectivity index (χ4v) is 4.02. The maximum Gasteiger partial charge on any atom is 0.256 e. The Kier molecular flexibility index (Phi) is 5.53. The smallest absolute Gasteiger partial charge is 0.256 e. The zero-order valence-electron chi connectivity index (χ0n) is 16.0. The van der Waals surface area contributed by atoms with E-state index in [9.17, 15) is 14.4 Å². The average Bonchev–Trinajstić information content (AvgIpc) is 3.19. The van der Waals surface area contributed by atoms with Crippen LogP contribution < -0.4 is 4.90 Å². The van der Waals surface area contributed by atoms with Crippen LogP contribution in [-0.2, 0) is 4.79 Å². The predicted octanol–water partition coefficient (Wildman–Crippen LogP) is 3.07. The average molecular weight is 412 g/mol. The van der Waals surface area contributed by atoms with Gasteiger partial charge in [0.15, 0.2) is 0 Å². The van der Waals surface area contributed by atoms with E-state index in [1.54, 1.807) is 45.0 Å². The van der Waals surface area contributed by atoms with Crippen LogP contribution >= 0.6 is 11.6 Å². The summed E-state index contributed by atoms with van der Waals surface area (Å²) >= 11 is 6.14. The van der Waals surface area contributed by atoms with Crippen molar-refractivity contribution >= 4 is 35.0 Å². The third-order valence-electron chi connectivity index (χ3n) is 5.43. The molecule has 0 aliphatic carbocycles. The van der Waals surface area contributed by atoms with Crippen molar-refractivity contribution in [3.63, 3.8) is 0 Å². The summed E-state index contributed by atoms with van der Waals surface area (Å²) in [5, 5.41) is 0.495. The van der Waals surface area contributed by atoms with E-state index in [0.29, 0.717) is 61.0 Å². The first-order valence-electron chi connectivity index (χ1n) is 9.78. The van der Waals surface area contributed by atoms with Gasteiger partial charge in [-0.25, -0.2) is 0 Å². The number of rotatable bonds is 3.